The van der Waals surface area contributed by atoms with Crippen LogP contribution in [0.25, 0.3) is 0 Å². The van der Waals surface area contributed by atoms with Crippen LogP contribution in [0.2, 0.25) is 0 Å². The van der Waals surface area contributed by atoms with E-state index in [0.29, 0.717) is 6.04 Å². The molecule has 4 heteroatoms. The third-order valence-electron chi connectivity index (χ3n) is 4.26. The van der Waals surface area contributed by atoms with Gasteiger partial charge in [0.1, 0.15) is 5.75 Å². The molecule has 0 bridgehead atoms. The Bertz CT molecular complexity index is 405. The number of benzene rings is 1. The molecule has 1 aromatic carbocycles. The zero-order valence-corrected chi connectivity index (χ0v) is 12.8. The van der Waals surface area contributed by atoms with E-state index in [1.54, 1.807) is 0 Å². The summed E-state index contributed by atoms with van der Waals surface area (Å²) in [6.07, 6.45) is 5.21. The van der Waals surface area contributed by atoms with Gasteiger partial charge in [-0.25, -0.2) is 0 Å². The van der Waals surface area contributed by atoms with E-state index in [4.69, 9.17) is 10.5 Å². The fourth-order valence-electron chi connectivity index (χ4n) is 2.79. The van der Waals surface area contributed by atoms with Gasteiger partial charge in [0, 0.05) is 19.1 Å². The molecule has 1 aliphatic carbocycles. The third-order valence-corrected chi connectivity index (χ3v) is 4.26. The van der Waals surface area contributed by atoms with Crippen molar-refractivity contribution in [2.75, 3.05) is 19.7 Å². The van der Waals surface area contributed by atoms with Crippen LogP contribution in [0.1, 0.15) is 31.2 Å². The van der Waals surface area contributed by atoms with E-state index in [0.717, 1.165) is 31.4 Å². The average molecular weight is 297 g/mol. The number of hydrogen-bond acceptors (Lipinski definition) is 3. The summed E-state index contributed by atoms with van der Waals surface area (Å²) in [5.74, 6) is 1.82. The van der Waals surface area contributed by atoms with Crippen LogP contribution in [0.4, 0.5) is 0 Å². The van der Waals surface area contributed by atoms with Crippen molar-refractivity contribution in [3.8, 4) is 5.75 Å². The van der Waals surface area contributed by atoms with Crippen molar-refractivity contribution < 1.29 is 4.74 Å². The molecule has 3 nitrogen and oxygen atoms in total. The lowest BCUT2D eigenvalue weighted by Crippen LogP contribution is -2.34. The lowest BCUT2D eigenvalue weighted by molar-refractivity contribution is 0.250. The highest BCUT2D eigenvalue weighted by molar-refractivity contribution is 5.85. The fourth-order valence-corrected chi connectivity index (χ4v) is 2.79. The maximum atomic E-state index is 5.81. The molecule has 1 heterocycles. The molecule has 2 N–H and O–H groups in total. The number of likely N-dealkylation sites (tertiary alicyclic amines) is 1. The zero-order valence-electron chi connectivity index (χ0n) is 12.0. The minimum atomic E-state index is 0. The predicted octanol–water partition coefficient (Wildman–Crippen LogP) is 2.82. The summed E-state index contributed by atoms with van der Waals surface area (Å²) in [6, 6.07) is 9.16. The fraction of sp³-hybridized carbons (Fsp3) is 0.625. The van der Waals surface area contributed by atoms with Crippen LogP contribution in [-0.2, 0) is 6.54 Å². The molecule has 112 valence electrons. The smallest absolute Gasteiger partial charge is 0.119 e. The van der Waals surface area contributed by atoms with E-state index >= 15 is 0 Å². The molecule has 2 fully saturated rings. The normalized spacial score (nSPS) is 22.6. The molecule has 2 aliphatic rings. The monoisotopic (exact) mass is 296 g/mol. The topological polar surface area (TPSA) is 38.5 Å². The lowest BCUT2D eigenvalue weighted by Gasteiger charge is -2.23. The van der Waals surface area contributed by atoms with Gasteiger partial charge in [-0.2, -0.15) is 0 Å². The molecule has 1 atom stereocenters. The standard InChI is InChI=1S/C16H24N2O.ClH/c17-10-15-2-1-9-18(15)11-13-5-7-16(8-6-13)19-12-14-3-4-14;/h5-8,14-15H,1-4,9-12,17H2;1H. The summed E-state index contributed by atoms with van der Waals surface area (Å²) in [6.45, 7) is 3.87. The van der Waals surface area contributed by atoms with E-state index in [2.05, 4.69) is 29.2 Å². The molecule has 0 aromatic heterocycles. The Morgan fingerprint density at radius 1 is 1.15 bits per heavy atom. The molecule has 0 spiro atoms. The summed E-state index contributed by atoms with van der Waals surface area (Å²) in [7, 11) is 0. The number of nitrogens with two attached hydrogens (primary N) is 1. The van der Waals surface area contributed by atoms with E-state index < -0.39 is 0 Å². The first-order valence-corrected chi connectivity index (χ1v) is 7.51. The highest BCUT2D eigenvalue weighted by Gasteiger charge is 2.23. The second-order valence-electron chi connectivity index (χ2n) is 5.90. The van der Waals surface area contributed by atoms with Gasteiger partial charge in [0.15, 0.2) is 0 Å². The first-order chi connectivity index (χ1) is 9.35. The van der Waals surface area contributed by atoms with Gasteiger partial charge < -0.3 is 10.5 Å². The number of nitrogens with zero attached hydrogens (tertiary/aromatic N) is 1. The van der Waals surface area contributed by atoms with E-state index in [1.165, 1.54) is 37.8 Å². The van der Waals surface area contributed by atoms with Crippen LogP contribution in [0.5, 0.6) is 5.75 Å². The van der Waals surface area contributed by atoms with Crippen molar-refractivity contribution >= 4 is 12.4 Å². The quantitative estimate of drug-likeness (QED) is 0.877. The van der Waals surface area contributed by atoms with E-state index in [-0.39, 0.29) is 12.4 Å². The minimum Gasteiger partial charge on any atom is -0.493 e. The predicted molar refractivity (Wildman–Crippen MR) is 84.4 cm³/mol. The summed E-state index contributed by atoms with van der Waals surface area (Å²) >= 11 is 0. The summed E-state index contributed by atoms with van der Waals surface area (Å²) in [4.78, 5) is 2.50. The van der Waals surface area contributed by atoms with Gasteiger partial charge in [0.2, 0.25) is 0 Å². The van der Waals surface area contributed by atoms with E-state index in [1.807, 2.05) is 0 Å². The molecule has 0 amide bonds. The van der Waals surface area contributed by atoms with E-state index in [9.17, 15) is 0 Å². The molecule has 1 aromatic rings. The summed E-state index contributed by atoms with van der Waals surface area (Å²) < 4.78 is 5.76. The molecule has 0 radical (unpaired) electrons. The first-order valence-electron chi connectivity index (χ1n) is 7.51. The molecule has 1 saturated carbocycles. The maximum absolute atomic E-state index is 5.81. The highest BCUT2D eigenvalue weighted by atomic mass is 35.5. The molecule has 3 rings (SSSR count). The van der Waals surface area contributed by atoms with Crippen molar-refractivity contribution in [1.29, 1.82) is 0 Å². The molecular formula is C16H25ClN2O. The molecular weight excluding hydrogens is 272 g/mol. The average Bonchev–Trinajstić information content (AvgIpc) is 3.17. The summed E-state index contributed by atoms with van der Waals surface area (Å²) in [5.41, 5.74) is 7.17. The van der Waals surface area contributed by atoms with Crippen LogP contribution < -0.4 is 10.5 Å². The van der Waals surface area contributed by atoms with Gasteiger partial charge in [0.05, 0.1) is 6.61 Å². The third kappa shape index (κ3) is 4.11. The van der Waals surface area contributed by atoms with Crippen molar-refractivity contribution in [3.05, 3.63) is 29.8 Å². The van der Waals surface area contributed by atoms with Gasteiger partial charge in [-0.05, 0) is 55.8 Å². The molecule has 1 aliphatic heterocycles. The number of halogens is 1. The Hall–Kier alpha value is -0.770. The Morgan fingerprint density at radius 3 is 2.55 bits per heavy atom. The zero-order chi connectivity index (χ0) is 13.1. The Morgan fingerprint density at radius 2 is 1.90 bits per heavy atom. The highest BCUT2D eigenvalue weighted by Crippen LogP contribution is 2.29. The van der Waals surface area contributed by atoms with Crippen LogP contribution >= 0.6 is 12.4 Å². The maximum Gasteiger partial charge on any atom is 0.119 e. The molecule has 20 heavy (non-hydrogen) atoms. The van der Waals surface area contributed by atoms with Crippen molar-refractivity contribution in [2.45, 2.75) is 38.3 Å². The van der Waals surface area contributed by atoms with Crippen LogP contribution in [0, 0.1) is 5.92 Å². The summed E-state index contributed by atoms with van der Waals surface area (Å²) in [5, 5.41) is 0. The number of hydrogen-bond donors (Lipinski definition) is 1. The van der Waals surface area contributed by atoms with Crippen molar-refractivity contribution in [1.82, 2.24) is 4.90 Å². The Labute approximate surface area is 127 Å². The van der Waals surface area contributed by atoms with Crippen LogP contribution in [0.3, 0.4) is 0 Å². The number of rotatable bonds is 6. The van der Waals surface area contributed by atoms with Crippen molar-refractivity contribution in [2.24, 2.45) is 11.7 Å². The second kappa shape index (κ2) is 7.30. The largest absolute Gasteiger partial charge is 0.493 e. The Balaban J connectivity index is 0.00000147. The van der Waals surface area contributed by atoms with Crippen LogP contribution in [-0.4, -0.2) is 30.6 Å². The van der Waals surface area contributed by atoms with Gasteiger partial charge in [-0.1, -0.05) is 12.1 Å². The van der Waals surface area contributed by atoms with Crippen LogP contribution in [0.15, 0.2) is 24.3 Å². The van der Waals surface area contributed by atoms with Gasteiger partial charge in [0.25, 0.3) is 0 Å². The van der Waals surface area contributed by atoms with Crippen molar-refractivity contribution in [3.63, 3.8) is 0 Å². The second-order valence-corrected chi connectivity index (χ2v) is 5.90. The van der Waals surface area contributed by atoms with Gasteiger partial charge in [-0.3, -0.25) is 4.90 Å². The lowest BCUT2D eigenvalue weighted by atomic mass is 10.2. The molecule has 1 saturated heterocycles. The molecule has 1 unspecified atom stereocenters. The Kier molecular flexibility index (Phi) is 5.70. The minimum absolute atomic E-state index is 0. The van der Waals surface area contributed by atoms with Gasteiger partial charge >= 0.3 is 0 Å². The number of ether oxygens (including phenoxy) is 1. The SMILES string of the molecule is Cl.NCC1CCCN1Cc1ccc(OCC2CC2)cc1. The van der Waals surface area contributed by atoms with Gasteiger partial charge in [-0.15, -0.1) is 12.4 Å². The first kappa shape index (κ1) is 15.6.